The molecule has 0 aliphatic carbocycles. The van der Waals surface area contributed by atoms with Crippen molar-refractivity contribution in [1.82, 2.24) is 0 Å². The second-order valence-electron chi connectivity index (χ2n) is 4.24. The summed E-state index contributed by atoms with van der Waals surface area (Å²) in [6, 6.07) is 0. The van der Waals surface area contributed by atoms with Crippen LogP contribution in [0, 0.1) is 0 Å². The zero-order chi connectivity index (χ0) is 10.2. The van der Waals surface area contributed by atoms with Gasteiger partial charge in [-0.3, -0.25) is 0 Å². The highest BCUT2D eigenvalue weighted by molar-refractivity contribution is 4.58. The minimum Gasteiger partial charge on any atom is -0.353 e. The highest BCUT2D eigenvalue weighted by atomic mass is 16.7. The molecule has 1 fully saturated rings. The lowest BCUT2D eigenvalue weighted by atomic mass is 10.1. The van der Waals surface area contributed by atoms with Gasteiger partial charge in [-0.2, -0.15) is 0 Å². The minimum absolute atomic E-state index is 0.0937. The monoisotopic (exact) mass is 200 g/mol. The van der Waals surface area contributed by atoms with Crippen molar-refractivity contribution in [3.63, 3.8) is 0 Å². The minimum atomic E-state index is 0.0937. The van der Waals surface area contributed by atoms with E-state index >= 15 is 0 Å². The Kier molecular flexibility index (Phi) is 6.20. The summed E-state index contributed by atoms with van der Waals surface area (Å²) < 4.78 is 11.2. The van der Waals surface area contributed by atoms with Crippen LogP contribution in [-0.4, -0.2) is 19.0 Å². The van der Waals surface area contributed by atoms with E-state index in [4.69, 9.17) is 9.47 Å². The molecule has 14 heavy (non-hydrogen) atoms. The van der Waals surface area contributed by atoms with Crippen LogP contribution >= 0.6 is 0 Å². The van der Waals surface area contributed by atoms with Crippen LogP contribution in [0.1, 0.15) is 58.8 Å². The van der Waals surface area contributed by atoms with E-state index in [-0.39, 0.29) is 6.29 Å². The third-order valence-electron chi connectivity index (χ3n) is 2.74. The molecule has 2 nitrogen and oxygen atoms in total. The Balaban J connectivity index is 1.95. The van der Waals surface area contributed by atoms with Gasteiger partial charge in [0, 0.05) is 13.0 Å². The van der Waals surface area contributed by atoms with E-state index in [1.807, 2.05) is 0 Å². The molecule has 0 aromatic carbocycles. The molecule has 1 heterocycles. The van der Waals surface area contributed by atoms with Crippen molar-refractivity contribution >= 4 is 0 Å². The molecule has 1 saturated heterocycles. The molecule has 0 spiro atoms. The van der Waals surface area contributed by atoms with Crippen LogP contribution in [0.5, 0.6) is 0 Å². The maximum Gasteiger partial charge on any atom is 0.158 e. The SMILES string of the molecule is CCCCCC[C@@H](C)OC1CCCO1. The third-order valence-corrected chi connectivity index (χ3v) is 2.74. The first-order chi connectivity index (χ1) is 6.83. The maximum absolute atomic E-state index is 5.77. The summed E-state index contributed by atoms with van der Waals surface area (Å²) in [5.74, 6) is 0. The number of unbranched alkanes of at least 4 members (excludes halogenated alkanes) is 3. The normalized spacial score (nSPS) is 24.0. The Morgan fingerprint density at radius 1 is 1.36 bits per heavy atom. The summed E-state index contributed by atoms with van der Waals surface area (Å²) in [7, 11) is 0. The first kappa shape index (κ1) is 12.0. The Labute approximate surface area is 88.0 Å². The molecule has 2 heteroatoms. The largest absolute Gasteiger partial charge is 0.353 e. The number of hydrogen-bond acceptors (Lipinski definition) is 2. The molecular weight excluding hydrogens is 176 g/mol. The van der Waals surface area contributed by atoms with E-state index in [2.05, 4.69) is 13.8 Å². The van der Waals surface area contributed by atoms with Crippen molar-refractivity contribution < 1.29 is 9.47 Å². The molecule has 0 radical (unpaired) electrons. The zero-order valence-corrected chi connectivity index (χ0v) is 9.63. The third kappa shape index (κ3) is 4.97. The average molecular weight is 200 g/mol. The molecule has 1 aliphatic heterocycles. The van der Waals surface area contributed by atoms with Crippen LogP contribution in [0.25, 0.3) is 0 Å². The van der Waals surface area contributed by atoms with Gasteiger partial charge in [-0.25, -0.2) is 0 Å². The van der Waals surface area contributed by atoms with Gasteiger partial charge in [0.25, 0.3) is 0 Å². The van der Waals surface area contributed by atoms with Crippen molar-refractivity contribution in [3.05, 3.63) is 0 Å². The van der Waals surface area contributed by atoms with Crippen LogP contribution in [0.3, 0.4) is 0 Å². The molecule has 84 valence electrons. The first-order valence-corrected chi connectivity index (χ1v) is 6.10. The van der Waals surface area contributed by atoms with Gasteiger partial charge in [0.2, 0.25) is 0 Å². The van der Waals surface area contributed by atoms with Crippen molar-refractivity contribution in [2.45, 2.75) is 71.2 Å². The van der Waals surface area contributed by atoms with E-state index in [1.54, 1.807) is 0 Å². The van der Waals surface area contributed by atoms with E-state index in [0.717, 1.165) is 19.4 Å². The van der Waals surface area contributed by atoms with E-state index in [0.29, 0.717) is 6.10 Å². The van der Waals surface area contributed by atoms with Crippen LogP contribution in [-0.2, 0) is 9.47 Å². The van der Waals surface area contributed by atoms with Crippen LogP contribution in [0.2, 0.25) is 0 Å². The van der Waals surface area contributed by atoms with Gasteiger partial charge in [-0.15, -0.1) is 0 Å². The van der Waals surface area contributed by atoms with E-state index in [9.17, 15) is 0 Å². The topological polar surface area (TPSA) is 18.5 Å². The summed E-state index contributed by atoms with van der Waals surface area (Å²) >= 11 is 0. The fraction of sp³-hybridized carbons (Fsp3) is 1.00. The molecule has 1 unspecified atom stereocenters. The van der Waals surface area contributed by atoms with Crippen LogP contribution in [0.4, 0.5) is 0 Å². The molecule has 1 rings (SSSR count). The van der Waals surface area contributed by atoms with Gasteiger partial charge in [-0.05, 0) is 19.8 Å². The van der Waals surface area contributed by atoms with Gasteiger partial charge in [0.1, 0.15) is 0 Å². The standard InChI is InChI=1S/C12H24O2/c1-3-4-5-6-8-11(2)14-12-9-7-10-13-12/h11-12H,3-10H2,1-2H3/t11-,12?/m1/s1. The molecule has 2 atom stereocenters. The zero-order valence-electron chi connectivity index (χ0n) is 9.63. The molecule has 0 aromatic heterocycles. The Morgan fingerprint density at radius 3 is 2.86 bits per heavy atom. The lowest BCUT2D eigenvalue weighted by Gasteiger charge is -2.17. The fourth-order valence-corrected chi connectivity index (χ4v) is 1.84. The highest BCUT2D eigenvalue weighted by Gasteiger charge is 2.18. The second-order valence-corrected chi connectivity index (χ2v) is 4.24. The Bertz CT molecular complexity index is 130. The van der Waals surface area contributed by atoms with E-state index < -0.39 is 0 Å². The summed E-state index contributed by atoms with van der Waals surface area (Å²) in [6.07, 6.45) is 9.18. The van der Waals surface area contributed by atoms with Gasteiger partial charge >= 0.3 is 0 Å². The first-order valence-electron chi connectivity index (χ1n) is 6.10. The predicted octanol–water partition coefficient (Wildman–Crippen LogP) is 3.50. The van der Waals surface area contributed by atoms with Crippen LogP contribution < -0.4 is 0 Å². The van der Waals surface area contributed by atoms with Crippen LogP contribution in [0.15, 0.2) is 0 Å². The summed E-state index contributed by atoms with van der Waals surface area (Å²) in [6.45, 7) is 5.28. The predicted molar refractivity (Wildman–Crippen MR) is 58.3 cm³/mol. The van der Waals surface area contributed by atoms with E-state index in [1.165, 1.54) is 32.1 Å². The van der Waals surface area contributed by atoms with Gasteiger partial charge in [0.05, 0.1) is 6.10 Å². The maximum atomic E-state index is 5.77. The quantitative estimate of drug-likeness (QED) is 0.586. The highest BCUT2D eigenvalue weighted by Crippen LogP contribution is 2.17. The van der Waals surface area contributed by atoms with Gasteiger partial charge in [-0.1, -0.05) is 32.6 Å². The molecule has 0 amide bonds. The molecule has 0 bridgehead atoms. The van der Waals surface area contributed by atoms with Crippen molar-refractivity contribution in [2.75, 3.05) is 6.61 Å². The smallest absolute Gasteiger partial charge is 0.158 e. The summed E-state index contributed by atoms with van der Waals surface area (Å²) in [4.78, 5) is 0. The van der Waals surface area contributed by atoms with Gasteiger partial charge < -0.3 is 9.47 Å². The molecule has 1 aliphatic rings. The average Bonchev–Trinajstić information content (AvgIpc) is 2.65. The van der Waals surface area contributed by atoms with Crippen molar-refractivity contribution in [1.29, 1.82) is 0 Å². The van der Waals surface area contributed by atoms with Crippen molar-refractivity contribution in [2.24, 2.45) is 0 Å². The summed E-state index contributed by atoms with van der Waals surface area (Å²) in [5, 5.41) is 0. The second kappa shape index (κ2) is 7.24. The molecule has 0 N–H and O–H groups in total. The molecule has 0 saturated carbocycles. The molecule has 0 aromatic rings. The Hall–Kier alpha value is -0.0800. The lowest BCUT2D eigenvalue weighted by molar-refractivity contribution is -0.140. The lowest BCUT2D eigenvalue weighted by Crippen LogP contribution is -2.18. The number of ether oxygens (including phenoxy) is 2. The Morgan fingerprint density at radius 2 is 2.21 bits per heavy atom. The van der Waals surface area contributed by atoms with Crippen molar-refractivity contribution in [3.8, 4) is 0 Å². The molecular formula is C12H24O2. The number of hydrogen-bond donors (Lipinski definition) is 0. The van der Waals surface area contributed by atoms with Gasteiger partial charge in [0.15, 0.2) is 6.29 Å². The number of rotatable bonds is 7. The summed E-state index contributed by atoms with van der Waals surface area (Å²) in [5.41, 5.74) is 0. The fourth-order valence-electron chi connectivity index (χ4n) is 1.84.